The van der Waals surface area contributed by atoms with Gasteiger partial charge in [0.25, 0.3) is 0 Å². The van der Waals surface area contributed by atoms with Crippen molar-refractivity contribution in [2.45, 2.75) is 58.5 Å². The second-order valence-electron chi connectivity index (χ2n) is 6.02. The summed E-state index contributed by atoms with van der Waals surface area (Å²) in [6, 6.07) is 4.93. The molecule has 0 aliphatic heterocycles. The molecule has 0 bridgehead atoms. The lowest BCUT2D eigenvalue weighted by atomic mass is 10.1. The molecule has 1 aromatic rings. The molecule has 0 aliphatic rings. The molecule has 3 N–H and O–H groups in total. The quantitative estimate of drug-likeness (QED) is 0.319. The van der Waals surface area contributed by atoms with E-state index in [0.717, 1.165) is 31.2 Å². The van der Waals surface area contributed by atoms with Gasteiger partial charge >= 0.3 is 0 Å². The van der Waals surface area contributed by atoms with E-state index in [9.17, 15) is 10.2 Å². The van der Waals surface area contributed by atoms with E-state index in [2.05, 4.69) is 0 Å². The Morgan fingerprint density at radius 2 is 1.80 bits per heavy atom. The Bertz CT molecular complexity index is 450. The van der Waals surface area contributed by atoms with Gasteiger partial charge in [0.15, 0.2) is 17.4 Å². The van der Waals surface area contributed by atoms with Crippen molar-refractivity contribution in [2.24, 2.45) is 0 Å². The maximum Gasteiger partial charge on any atom is 0.180 e. The molecular formula is C16H25NO3. The van der Waals surface area contributed by atoms with Crippen molar-refractivity contribution in [3.8, 4) is 11.5 Å². The van der Waals surface area contributed by atoms with Crippen molar-refractivity contribution in [3.63, 3.8) is 0 Å². The molecule has 20 heavy (non-hydrogen) atoms. The fraction of sp³-hybridized carbons (Fsp3) is 0.562. The molecule has 4 nitrogen and oxygen atoms in total. The normalized spacial score (nSPS) is 11.3. The molecule has 0 spiro atoms. The first-order chi connectivity index (χ1) is 9.28. The fourth-order valence-corrected chi connectivity index (χ4v) is 1.94. The zero-order valence-electron chi connectivity index (χ0n) is 12.6. The van der Waals surface area contributed by atoms with E-state index in [-0.39, 0.29) is 17.1 Å². The molecule has 0 aliphatic carbocycles. The van der Waals surface area contributed by atoms with Crippen molar-refractivity contribution >= 4 is 5.90 Å². The molecule has 0 radical (unpaired) electrons. The van der Waals surface area contributed by atoms with E-state index in [1.165, 1.54) is 6.07 Å². The molecule has 0 fully saturated rings. The Balaban J connectivity index is 2.19. The first kappa shape index (κ1) is 16.3. The van der Waals surface area contributed by atoms with Crippen molar-refractivity contribution < 1.29 is 14.9 Å². The maximum absolute atomic E-state index is 9.39. The zero-order chi connectivity index (χ0) is 15.2. The minimum absolute atomic E-state index is 0.0668. The lowest BCUT2D eigenvalue weighted by Gasteiger charge is -2.21. The monoisotopic (exact) mass is 279 g/mol. The van der Waals surface area contributed by atoms with Gasteiger partial charge < -0.3 is 14.9 Å². The molecule has 0 atom stereocenters. The lowest BCUT2D eigenvalue weighted by Crippen LogP contribution is -2.23. The third kappa shape index (κ3) is 6.45. The summed E-state index contributed by atoms with van der Waals surface area (Å²) < 4.78 is 5.45. The van der Waals surface area contributed by atoms with Gasteiger partial charge in [0, 0.05) is 6.42 Å². The van der Waals surface area contributed by atoms with Crippen molar-refractivity contribution in [1.82, 2.24) is 0 Å². The van der Waals surface area contributed by atoms with Crippen LogP contribution in [-0.2, 0) is 11.2 Å². The SMILES string of the molecule is CC(C)(C)OC(=N)CCCCCc1ccc(O)c(O)c1. The van der Waals surface area contributed by atoms with E-state index in [1.807, 2.05) is 26.8 Å². The van der Waals surface area contributed by atoms with Crippen LogP contribution in [-0.4, -0.2) is 21.7 Å². The number of hydrogen-bond donors (Lipinski definition) is 3. The smallest absolute Gasteiger partial charge is 0.180 e. The highest BCUT2D eigenvalue weighted by Gasteiger charge is 2.13. The van der Waals surface area contributed by atoms with Crippen molar-refractivity contribution in [1.29, 1.82) is 5.41 Å². The zero-order valence-corrected chi connectivity index (χ0v) is 12.6. The second-order valence-corrected chi connectivity index (χ2v) is 6.02. The third-order valence-corrected chi connectivity index (χ3v) is 2.84. The Kier molecular flexibility index (Phi) is 5.86. The van der Waals surface area contributed by atoms with E-state index >= 15 is 0 Å². The van der Waals surface area contributed by atoms with Crippen molar-refractivity contribution in [3.05, 3.63) is 23.8 Å². The Morgan fingerprint density at radius 3 is 2.40 bits per heavy atom. The van der Waals surface area contributed by atoms with Gasteiger partial charge in [-0.3, -0.25) is 5.41 Å². The Morgan fingerprint density at radius 1 is 1.10 bits per heavy atom. The van der Waals surface area contributed by atoms with Crippen LogP contribution in [0.3, 0.4) is 0 Å². The van der Waals surface area contributed by atoms with Gasteiger partial charge in [0.05, 0.1) is 0 Å². The van der Waals surface area contributed by atoms with E-state index in [1.54, 1.807) is 6.07 Å². The summed E-state index contributed by atoms with van der Waals surface area (Å²) >= 11 is 0. The number of nitrogens with one attached hydrogen (secondary N) is 1. The topological polar surface area (TPSA) is 73.5 Å². The second kappa shape index (κ2) is 7.17. The highest BCUT2D eigenvalue weighted by molar-refractivity contribution is 5.72. The molecule has 112 valence electrons. The first-order valence-electron chi connectivity index (χ1n) is 7.05. The Labute approximate surface area is 120 Å². The summed E-state index contributed by atoms with van der Waals surface area (Å²) in [5, 5.41) is 26.3. The van der Waals surface area contributed by atoms with Crippen LogP contribution in [0.4, 0.5) is 0 Å². The summed E-state index contributed by atoms with van der Waals surface area (Å²) in [5.74, 6) is 0.198. The molecule has 0 saturated carbocycles. The number of unbranched alkanes of at least 4 members (excludes halogenated alkanes) is 2. The maximum atomic E-state index is 9.39. The number of aromatic hydroxyl groups is 2. The van der Waals surface area contributed by atoms with Crippen LogP contribution >= 0.6 is 0 Å². The van der Waals surface area contributed by atoms with Crippen LogP contribution in [0, 0.1) is 5.41 Å². The standard InChI is InChI=1S/C16H25NO3/c1-16(2,3)20-15(17)8-6-4-5-7-12-9-10-13(18)14(19)11-12/h9-11,17-19H,4-8H2,1-3H3. The summed E-state index contributed by atoms with van der Waals surface area (Å²) in [6.45, 7) is 5.83. The van der Waals surface area contributed by atoms with Gasteiger partial charge in [-0.25, -0.2) is 0 Å². The van der Waals surface area contributed by atoms with Gasteiger partial charge in [-0.1, -0.05) is 12.5 Å². The van der Waals surface area contributed by atoms with E-state index in [0.29, 0.717) is 12.3 Å². The predicted octanol–water partition coefficient (Wildman–Crippen LogP) is 3.99. The summed E-state index contributed by atoms with van der Waals surface area (Å²) in [7, 11) is 0. The van der Waals surface area contributed by atoms with Gasteiger partial charge in [-0.05, 0) is 57.7 Å². The summed E-state index contributed by atoms with van der Waals surface area (Å²) in [4.78, 5) is 0. The van der Waals surface area contributed by atoms with E-state index < -0.39 is 0 Å². The molecular weight excluding hydrogens is 254 g/mol. The largest absolute Gasteiger partial charge is 0.504 e. The van der Waals surface area contributed by atoms with Crippen molar-refractivity contribution in [2.75, 3.05) is 0 Å². The fourth-order valence-electron chi connectivity index (χ4n) is 1.94. The van der Waals surface area contributed by atoms with Crippen LogP contribution in [0.25, 0.3) is 0 Å². The summed E-state index contributed by atoms with van der Waals surface area (Å²) in [6.07, 6.45) is 4.46. The average Bonchev–Trinajstić information content (AvgIpc) is 2.31. The average molecular weight is 279 g/mol. The van der Waals surface area contributed by atoms with Gasteiger partial charge in [0.2, 0.25) is 0 Å². The number of ether oxygens (including phenoxy) is 1. The molecule has 0 unspecified atom stereocenters. The van der Waals surface area contributed by atoms with Crippen LogP contribution in [0.5, 0.6) is 11.5 Å². The molecule has 1 aromatic carbocycles. The minimum atomic E-state index is -0.291. The van der Waals surface area contributed by atoms with Crippen LogP contribution in [0.2, 0.25) is 0 Å². The molecule has 0 saturated heterocycles. The van der Waals surface area contributed by atoms with E-state index in [4.69, 9.17) is 10.1 Å². The highest BCUT2D eigenvalue weighted by Crippen LogP contribution is 2.25. The number of benzene rings is 1. The van der Waals surface area contributed by atoms with Crippen LogP contribution < -0.4 is 0 Å². The molecule has 4 heteroatoms. The van der Waals surface area contributed by atoms with Gasteiger partial charge in [0.1, 0.15) is 5.60 Å². The number of rotatable bonds is 6. The molecule has 1 rings (SSSR count). The molecule has 0 amide bonds. The number of phenols is 2. The highest BCUT2D eigenvalue weighted by atomic mass is 16.5. The summed E-state index contributed by atoms with van der Waals surface area (Å²) in [5.41, 5.74) is 0.724. The number of hydrogen-bond acceptors (Lipinski definition) is 4. The molecule has 0 heterocycles. The Hall–Kier alpha value is -1.71. The molecule has 0 aromatic heterocycles. The number of phenolic OH excluding ortho intramolecular Hbond substituents is 2. The first-order valence-corrected chi connectivity index (χ1v) is 7.05. The van der Waals surface area contributed by atoms with Crippen LogP contribution in [0.1, 0.15) is 52.0 Å². The minimum Gasteiger partial charge on any atom is -0.504 e. The third-order valence-electron chi connectivity index (χ3n) is 2.84. The van der Waals surface area contributed by atoms with Crippen LogP contribution in [0.15, 0.2) is 18.2 Å². The number of aryl methyl sites for hydroxylation is 1. The predicted molar refractivity (Wildman–Crippen MR) is 80.5 cm³/mol. The van der Waals surface area contributed by atoms with Gasteiger partial charge in [-0.2, -0.15) is 0 Å². The lowest BCUT2D eigenvalue weighted by molar-refractivity contribution is 0.110. The van der Waals surface area contributed by atoms with Gasteiger partial charge in [-0.15, -0.1) is 0 Å².